The third-order valence-electron chi connectivity index (χ3n) is 4.84. The van der Waals surface area contributed by atoms with Crippen molar-refractivity contribution in [3.63, 3.8) is 0 Å². The molecule has 1 saturated carbocycles. The fraction of sp³-hybridized carbons (Fsp3) is 0.588. The first-order chi connectivity index (χ1) is 9.29. The molecular weight excluding hydrogens is 234 g/mol. The van der Waals surface area contributed by atoms with Crippen LogP contribution >= 0.6 is 0 Å². The molecule has 1 amide bonds. The second-order valence-electron chi connectivity index (χ2n) is 6.00. The van der Waals surface area contributed by atoms with Gasteiger partial charge in [-0.1, -0.05) is 38.3 Å². The van der Waals surface area contributed by atoms with Crippen LogP contribution in [-0.2, 0) is 0 Å². The zero-order valence-corrected chi connectivity index (χ0v) is 11.7. The number of amides is 1. The summed E-state index contributed by atoms with van der Waals surface area (Å²) in [5, 5.41) is 3.03. The summed E-state index contributed by atoms with van der Waals surface area (Å²) in [6, 6.07) is 6.66. The van der Waals surface area contributed by atoms with E-state index in [9.17, 15) is 4.79 Å². The van der Waals surface area contributed by atoms with Crippen LogP contribution in [0.15, 0.2) is 18.2 Å². The first-order valence-corrected chi connectivity index (χ1v) is 7.71. The van der Waals surface area contributed by atoms with E-state index < -0.39 is 0 Å². The molecular formula is C17H23NO. The number of hydrogen-bond donors (Lipinski definition) is 1. The summed E-state index contributed by atoms with van der Waals surface area (Å²) in [6.07, 6.45) is 7.72. The Kier molecular flexibility index (Phi) is 3.58. The lowest BCUT2D eigenvalue weighted by atomic mass is 9.81. The molecule has 1 aliphatic heterocycles. The Morgan fingerprint density at radius 1 is 1.21 bits per heavy atom. The van der Waals surface area contributed by atoms with E-state index >= 15 is 0 Å². The van der Waals surface area contributed by atoms with Gasteiger partial charge in [-0.05, 0) is 42.4 Å². The molecule has 1 heterocycles. The molecule has 0 saturated heterocycles. The molecule has 19 heavy (non-hydrogen) atoms. The minimum absolute atomic E-state index is 0.123. The van der Waals surface area contributed by atoms with Gasteiger partial charge < -0.3 is 5.32 Å². The average Bonchev–Trinajstić information content (AvgIpc) is 2.48. The zero-order valence-electron chi connectivity index (χ0n) is 11.7. The second kappa shape index (κ2) is 5.36. The predicted octanol–water partition coefficient (Wildman–Crippen LogP) is 3.97. The molecule has 1 aliphatic carbocycles. The fourth-order valence-electron chi connectivity index (χ4n) is 3.60. The normalized spacial score (nSPS) is 23.8. The molecule has 2 aliphatic rings. The number of carbonyl (C=O) groups excluding carboxylic acids is 1. The van der Waals surface area contributed by atoms with Gasteiger partial charge in [0.2, 0.25) is 0 Å². The Labute approximate surface area is 115 Å². The summed E-state index contributed by atoms with van der Waals surface area (Å²) >= 11 is 0. The predicted molar refractivity (Wildman–Crippen MR) is 77.6 cm³/mol. The van der Waals surface area contributed by atoms with E-state index in [0.717, 1.165) is 18.5 Å². The number of benzene rings is 1. The highest BCUT2D eigenvalue weighted by Gasteiger charge is 2.25. The van der Waals surface area contributed by atoms with Crippen LogP contribution in [0.1, 0.15) is 78.8 Å². The number of nitrogens with one attached hydrogen (secondary N) is 1. The van der Waals surface area contributed by atoms with Gasteiger partial charge in [0, 0.05) is 18.0 Å². The van der Waals surface area contributed by atoms with E-state index in [1.165, 1.54) is 43.2 Å². The van der Waals surface area contributed by atoms with Crippen molar-refractivity contribution < 1.29 is 4.79 Å². The number of carbonyl (C=O) groups is 1. The molecule has 2 heteroatoms. The van der Waals surface area contributed by atoms with Crippen LogP contribution < -0.4 is 5.32 Å². The summed E-state index contributed by atoms with van der Waals surface area (Å²) < 4.78 is 0. The molecule has 0 bridgehead atoms. The Balaban J connectivity index is 1.93. The highest BCUT2D eigenvalue weighted by molar-refractivity contribution is 5.97. The monoisotopic (exact) mass is 257 g/mol. The van der Waals surface area contributed by atoms with Crippen LogP contribution in [0.4, 0.5) is 0 Å². The van der Waals surface area contributed by atoms with Crippen LogP contribution in [0.25, 0.3) is 0 Å². The Bertz CT molecular complexity index is 474. The lowest BCUT2D eigenvalue weighted by Gasteiger charge is -2.27. The number of rotatable bonds is 2. The average molecular weight is 257 g/mol. The van der Waals surface area contributed by atoms with E-state index in [4.69, 9.17) is 0 Å². The fourth-order valence-corrected chi connectivity index (χ4v) is 3.60. The molecule has 2 nitrogen and oxygen atoms in total. The third-order valence-corrected chi connectivity index (χ3v) is 4.84. The van der Waals surface area contributed by atoms with Gasteiger partial charge in [-0.25, -0.2) is 0 Å². The molecule has 3 rings (SSSR count). The highest BCUT2D eigenvalue weighted by atomic mass is 16.1. The maximum absolute atomic E-state index is 12.1. The summed E-state index contributed by atoms with van der Waals surface area (Å²) in [6.45, 7) is 2.99. The van der Waals surface area contributed by atoms with E-state index in [-0.39, 0.29) is 5.91 Å². The standard InChI is InChI=1S/C17H23NO/c1-2-12-11-18-17(19)16-10-14(8-9-15(12)16)13-6-4-3-5-7-13/h8-10,12-13H,2-7,11H2,1H3,(H,18,19). The van der Waals surface area contributed by atoms with E-state index in [0.29, 0.717) is 11.8 Å². The molecule has 1 unspecified atom stereocenters. The van der Waals surface area contributed by atoms with E-state index in [1.54, 1.807) is 0 Å². The van der Waals surface area contributed by atoms with Crippen molar-refractivity contribution in [2.24, 2.45) is 0 Å². The minimum atomic E-state index is 0.123. The lowest BCUT2D eigenvalue weighted by Crippen LogP contribution is -2.35. The summed E-state index contributed by atoms with van der Waals surface area (Å²) in [5.41, 5.74) is 3.57. The molecule has 1 fully saturated rings. The van der Waals surface area contributed by atoms with Crippen molar-refractivity contribution in [2.45, 2.75) is 57.3 Å². The molecule has 0 radical (unpaired) electrons. The lowest BCUT2D eigenvalue weighted by molar-refractivity contribution is 0.0939. The Morgan fingerprint density at radius 3 is 2.74 bits per heavy atom. The Morgan fingerprint density at radius 2 is 2.00 bits per heavy atom. The molecule has 1 atom stereocenters. The zero-order chi connectivity index (χ0) is 13.2. The van der Waals surface area contributed by atoms with Crippen molar-refractivity contribution in [3.8, 4) is 0 Å². The van der Waals surface area contributed by atoms with Crippen molar-refractivity contribution in [1.29, 1.82) is 0 Å². The summed E-state index contributed by atoms with van der Waals surface area (Å²) in [7, 11) is 0. The molecule has 1 aromatic rings. The van der Waals surface area contributed by atoms with Crippen LogP contribution in [0.2, 0.25) is 0 Å². The summed E-state index contributed by atoms with van der Waals surface area (Å²) in [4.78, 5) is 12.1. The van der Waals surface area contributed by atoms with Gasteiger partial charge in [-0.2, -0.15) is 0 Å². The first kappa shape index (κ1) is 12.7. The maximum Gasteiger partial charge on any atom is 0.251 e. The molecule has 1 aromatic carbocycles. The molecule has 0 spiro atoms. The second-order valence-corrected chi connectivity index (χ2v) is 6.00. The topological polar surface area (TPSA) is 29.1 Å². The van der Waals surface area contributed by atoms with Crippen molar-refractivity contribution in [3.05, 3.63) is 34.9 Å². The van der Waals surface area contributed by atoms with Gasteiger partial charge in [-0.15, -0.1) is 0 Å². The maximum atomic E-state index is 12.1. The molecule has 1 N–H and O–H groups in total. The SMILES string of the molecule is CCC1CNC(=O)c2cc(C3CCCCC3)ccc21. The van der Waals surface area contributed by atoms with Crippen LogP contribution in [0, 0.1) is 0 Å². The molecule has 0 aromatic heterocycles. The number of fused-ring (bicyclic) bond motifs is 1. The minimum Gasteiger partial charge on any atom is -0.351 e. The van der Waals surface area contributed by atoms with E-state index in [1.807, 2.05) is 0 Å². The van der Waals surface area contributed by atoms with Gasteiger partial charge in [0.05, 0.1) is 0 Å². The molecule has 102 valence electrons. The van der Waals surface area contributed by atoms with E-state index in [2.05, 4.69) is 30.4 Å². The van der Waals surface area contributed by atoms with Gasteiger partial charge in [0.15, 0.2) is 0 Å². The highest BCUT2D eigenvalue weighted by Crippen LogP contribution is 2.35. The first-order valence-electron chi connectivity index (χ1n) is 7.71. The van der Waals surface area contributed by atoms with Gasteiger partial charge in [0.25, 0.3) is 5.91 Å². The quantitative estimate of drug-likeness (QED) is 0.853. The van der Waals surface area contributed by atoms with Gasteiger partial charge >= 0.3 is 0 Å². The largest absolute Gasteiger partial charge is 0.351 e. The van der Waals surface area contributed by atoms with Crippen LogP contribution in [0.5, 0.6) is 0 Å². The summed E-state index contributed by atoms with van der Waals surface area (Å²) in [5.74, 6) is 1.29. The van der Waals surface area contributed by atoms with Crippen LogP contribution in [-0.4, -0.2) is 12.5 Å². The Hall–Kier alpha value is -1.31. The van der Waals surface area contributed by atoms with Gasteiger partial charge in [-0.3, -0.25) is 4.79 Å². The van der Waals surface area contributed by atoms with Crippen molar-refractivity contribution in [1.82, 2.24) is 5.32 Å². The van der Waals surface area contributed by atoms with Gasteiger partial charge in [0.1, 0.15) is 0 Å². The van der Waals surface area contributed by atoms with Crippen molar-refractivity contribution in [2.75, 3.05) is 6.54 Å². The van der Waals surface area contributed by atoms with Crippen LogP contribution in [0.3, 0.4) is 0 Å². The smallest absolute Gasteiger partial charge is 0.251 e. The number of hydrogen-bond acceptors (Lipinski definition) is 1. The third kappa shape index (κ3) is 2.41. The van der Waals surface area contributed by atoms with Crippen molar-refractivity contribution >= 4 is 5.91 Å².